The Morgan fingerprint density at radius 3 is 2.67 bits per heavy atom. The Labute approximate surface area is 173 Å². The molecule has 1 aromatic heterocycles. The minimum absolute atomic E-state index is 0.0527. The number of para-hydroxylation sites is 1. The second kappa shape index (κ2) is 6.98. The van der Waals surface area contributed by atoms with Gasteiger partial charge in [0.15, 0.2) is 0 Å². The molecule has 6 nitrogen and oxygen atoms in total. The first-order valence-corrected chi connectivity index (χ1v) is 9.49. The van der Waals surface area contributed by atoms with Crippen LogP contribution >= 0.6 is 0 Å². The van der Waals surface area contributed by atoms with E-state index in [0.717, 1.165) is 33.2 Å². The first-order chi connectivity index (χ1) is 14.7. The zero-order valence-corrected chi connectivity index (χ0v) is 16.2. The van der Waals surface area contributed by atoms with Crippen LogP contribution in [0.3, 0.4) is 0 Å². The van der Waals surface area contributed by atoms with Crippen LogP contribution in [0.15, 0.2) is 78.2 Å². The first-order valence-electron chi connectivity index (χ1n) is 9.49. The number of rotatable bonds is 3. The zero-order valence-electron chi connectivity index (χ0n) is 16.2. The number of aromatic amines is 1. The molecule has 0 radical (unpaired) electrons. The molecular formula is C24H18N4O2. The summed E-state index contributed by atoms with van der Waals surface area (Å²) in [5, 5.41) is 19.6. The van der Waals surface area contributed by atoms with Crippen LogP contribution in [0.5, 0.6) is 11.6 Å². The minimum Gasteiger partial charge on any atom is -0.496 e. The summed E-state index contributed by atoms with van der Waals surface area (Å²) in [7, 11) is 1.61. The van der Waals surface area contributed by atoms with E-state index in [4.69, 9.17) is 15.2 Å². The number of nitrogens with one attached hydrogen (secondary N) is 1. The van der Waals surface area contributed by atoms with Gasteiger partial charge in [0.1, 0.15) is 17.4 Å². The molecule has 3 aromatic carbocycles. The number of hydrogen-bond donors (Lipinski definition) is 2. The highest BCUT2D eigenvalue weighted by molar-refractivity contribution is 5.97. The summed E-state index contributed by atoms with van der Waals surface area (Å²) in [5.74, 6) is 0.616. The Hall–Kier alpha value is -4.24. The number of H-pyrrole nitrogens is 1. The van der Waals surface area contributed by atoms with Gasteiger partial charge < -0.3 is 15.2 Å². The maximum Gasteiger partial charge on any atom is 0.244 e. The lowest BCUT2D eigenvalue weighted by atomic mass is 9.82. The third-order valence-corrected chi connectivity index (χ3v) is 5.45. The fourth-order valence-corrected chi connectivity index (χ4v) is 4.11. The molecule has 1 aliphatic heterocycles. The standard InChI is InChI=1S/C24H18N4O2/c1-29-19-12-5-4-10-17(19)20-18(13-25)23(26)30-24-21(20)22(27-28-24)16-11-6-8-14-7-2-3-9-15(14)16/h2-12,20H,26H2,1H3,(H,27,28)/t20-/m1/s1. The molecule has 0 bridgehead atoms. The quantitative estimate of drug-likeness (QED) is 0.535. The lowest BCUT2D eigenvalue weighted by Crippen LogP contribution is -2.21. The van der Waals surface area contributed by atoms with Crippen molar-refractivity contribution in [2.75, 3.05) is 7.11 Å². The number of nitrogens with two attached hydrogens (primary N) is 1. The predicted octanol–water partition coefficient (Wildman–Crippen LogP) is 4.46. The van der Waals surface area contributed by atoms with Crippen molar-refractivity contribution in [3.63, 3.8) is 0 Å². The van der Waals surface area contributed by atoms with E-state index in [9.17, 15) is 5.26 Å². The van der Waals surface area contributed by atoms with Crippen molar-refractivity contribution in [2.45, 2.75) is 5.92 Å². The summed E-state index contributed by atoms with van der Waals surface area (Å²) in [4.78, 5) is 0. The fraction of sp³-hybridized carbons (Fsp3) is 0.0833. The van der Waals surface area contributed by atoms with E-state index in [1.54, 1.807) is 7.11 Å². The first kappa shape index (κ1) is 17.8. The van der Waals surface area contributed by atoms with E-state index in [0.29, 0.717) is 17.2 Å². The van der Waals surface area contributed by atoms with Crippen molar-refractivity contribution >= 4 is 10.8 Å². The van der Waals surface area contributed by atoms with Crippen molar-refractivity contribution < 1.29 is 9.47 Å². The van der Waals surface area contributed by atoms with E-state index in [-0.39, 0.29) is 5.88 Å². The minimum atomic E-state index is -0.470. The van der Waals surface area contributed by atoms with Crippen LogP contribution in [-0.2, 0) is 0 Å². The Kier molecular flexibility index (Phi) is 4.15. The fourth-order valence-electron chi connectivity index (χ4n) is 4.11. The SMILES string of the molecule is COc1ccccc1[C@@H]1C(C#N)=C(N)Oc2n[nH]c(-c3cccc4ccccc34)c21. The lowest BCUT2D eigenvalue weighted by molar-refractivity contribution is 0.375. The molecule has 146 valence electrons. The van der Waals surface area contributed by atoms with Gasteiger partial charge in [0, 0.05) is 11.1 Å². The topological polar surface area (TPSA) is 96.9 Å². The van der Waals surface area contributed by atoms with Gasteiger partial charge in [0.05, 0.1) is 24.3 Å². The number of hydrogen-bond acceptors (Lipinski definition) is 5. The van der Waals surface area contributed by atoms with Gasteiger partial charge in [-0.25, -0.2) is 0 Å². The van der Waals surface area contributed by atoms with Crippen LogP contribution in [0.1, 0.15) is 17.0 Å². The van der Waals surface area contributed by atoms with Gasteiger partial charge in [-0.3, -0.25) is 5.10 Å². The second-order valence-electron chi connectivity index (χ2n) is 7.01. The van der Waals surface area contributed by atoms with Crippen molar-refractivity contribution in [1.29, 1.82) is 5.26 Å². The average Bonchev–Trinajstić information content (AvgIpc) is 3.20. The molecule has 0 unspecified atom stereocenters. The number of fused-ring (bicyclic) bond motifs is 2. The summed E-state index contributed by atoms with van der Waals surface area (Å²) < 4.78 is 11.3. The number of aromatic nitrogens is 2. The monoisotopic (exact) mass is 394 g/mol. The number of methoxy groups -OCH3 is 1. The molecule has 2 heterocycles. The Morgan fingerprint density at radius 2 is 1.83 bits per heavy atom. The molecule has 0 saturated heterocycles. The molecule has 0 fully saturated rings. The average molecular weight is 394 g/mol. The van der Waals surface area contributed by atoms with Gasteiger partial charge in [-0.2, -0.15) is 5.26 Å². The number of allylic oxidation sites excluding steroid dienone is 1. The van der Waals surface area contributed by atoms with Crippen molar-refractivity contribution in [3.05, 3.63) is 89.3 Å². The summed E-state index contributed by atoms with van der Waals surface area (Å²) in [5.41, 5.74) is 9.79. The largest absolute Gasteiger partial charge is 0.496 e. The summed E-state index contributed by atoms with van der Waals surface area (Å²) in [6.45, 7) is 0. The number of ether oxygens (including phenoxy) is 2. The van der Waals surface area contributed by atoms with Gasteiger partial charge >= 0.3 is 0 Å². The molecule has 0 aliphatic carbocycles. The van der Waals surface area contributed by atoms with Crippen molar-refractivity contribution in [1.82, 2.24) is 10.2 Å². The normalized spacial score (nSPS) is 15.4. The van der Waals surface area contributed by atoms with E-state index in [1.807, 2.05) is 48.5 Å². The van der Waals surface area contributed by atoms with Gasteiger partial charge in [0.25, 0.3) is 0 Å². The van der Waals surface area contributed by atoms with Crippen LogP contribution in [0.2, 0.25) is 0 Å². The van der Waals surface area contributed by atoms with Gasteiger partial charge in [-0.15, -0.1) is 5.10 Å². The summed E-state index contributed by atoms with van der Waals surface area (Å²) in [6, 6.07) is 24.1. The number of benzene rings is 3. The van der Waals surface area contributed by atoms with Crippen molar-refractivity contribution in [2.24, 2.45) is 5.73 Å². The maximum atomic E-state index is 9.91. The molecule has 1 atom stereocenters. The molecule has 1 aliphatic rings. The molecular weight excluding hydrogens is 376 g/mol. The van der Waals surface area contributed by atoms with E-state index in [2.05, 4.69) is 34.5 Å². The molecule has 4 aromatic rings. The van der Waals surface area contributed by atoms with Crippen LogP contribution in [0, 0.1) is 11.3 Å². The van der Waals surface area contributed by atoms with Gasteiger partial charge in [0.2, 0.25) is 11.8 Å². The van der Waals surface area contributed by atoms with Crippen LogP contribution < -0.4 is 15.2 Å². The molecule has 3 N–H and O–H groups in total. The number of nitriles is 1. The Balaban J connectivity index is 1.81. The molecule has 6 heteroatoms. The lowest BCUT2D eigenvalue weighted by Gasteiger charge is -2.25. The molecule has 5 rings (SSSR count). The Morgan fingerprint density at radius 1 is 1.07 bits per heavy atom. The number of nitrogens with zero attached hydrogens (tertiary/aromatic N) is 2. The molecule has 30 heavy (non-hydrogen) atoms. The molecule has 0 saturated carbocycles. The third kappa shape index (κ3) is 2.60. The Bertz CT molecular complexity index is 1340. The van der Waals surface area contributed by atoms with Crippen LogP contribution in [0.25, 0.3) is 22.0 Å². The maximum absolute atomic E-state index is 9.91. The summed E-state index contributed by atoms with van der Waals surface area (Å²) in [6.07, 6.45) is 0. The van der Waals surface area contributed by atoms with Crippen LogP contribution in [-0.4, -0.2) is 17.3 Å². The van der Waals surface area contributed by atoms with E-state index < -0.39 is 5.92 Å². The predicted molar refractivity (Wildman–Crippen MR) is 114 cm³/mol. The molecule has 0 amide bonds. The smallest absolute Gasteiger partial charge is 0.244 e. The van der Waals surface area contributed by atoms with Crippen molar-refractivity contribution in [3.8, 4) is 29.0 Å². The van der Waals surface area contributed by atoms with Gasteiger partial charge in [-0.1, -0.05) is 60.7 Å². The zero-order chi connectivity index (χ0) is 20.7. The summed E-state index contributed by atoms with van der Waals surface area (Å²) >= 11 is 0. The van der Waals surface area contributed by atoms with Gasteiger partial charge in [-0.05, 0) is 16.8 Å². The second-order valence-corrected chi connectivity index (χ2v) is 7.01. The van der Waals surface area contributed by atoms with E-state index >= 15 is 0 Å². The molecule has 0 spiro atoms. The third-order valence-electron chi connectivity index (χ3n) is 5.45. The highest BCUT2D eigenvalue weighted by Gasteiger charge is 2.37. The highest BCUT2D eigenvalue weighted by Crippen LogP contribution is 2.48. The highest BCUT2D eigenvalue weighted by atomic mass is 16.5. The van der Waals surface area contributed by atoms with E-state index in [1.165, 1.54) is 0 Å². The van der Waals surface area contributed by atoms with Crippen LogP contribution in [0.4, 0.5) is 0 Å².